The molecule has 2 N–H and O–H groups in total. The van der Waals surface area contributed by atoms with Gasteiger partial charge in [0.05, 0.1) is 4.92 Å². The van der Waals surface area contributed by atoms with Gasteiger partial charge in [0.15, 0.2) is 0 Å². The van der Waals surface area contributed by atoms with Crippen molar-refractivity contribution in [1.29, 1.82) is 0 Å². The molecule has 1 fully saturated rings. The molecule has 5 heteroatoms. The van der Waals surface area contributed by atoms with E-state index < -0.39 is 0 Å². The molecule has 1 atom stereocenters. The van der Waals surface area contributed by atoms with E-state index in [9.17, 15) is 10.1 Å². The molecule has 0 saturated carbocycles. The van der Waals surface area contributed by atoms with Crippen molar-refractivity contribution in [2.75, 3.05) is 18.4 Å². The Morgan fingerprint density at radius 3 is 3.00 bits per heavy atom. The molecule has 1 aliphatic rings. The van der Waals surface area contributed by atoms with E-state index in [1.165, 1.54) is 0 Å². The monoisotopic (exact) mass is 249 g/mol. The summed E-state index contributed by atoms with van der Waals surface area (Å²) < 4.78 is 0. The molecule has 1 saturated heterocycles. The van der Waals surface area contributed by atoms with Gasteiger partial charge < -0.3 is 10.6 Å². The summed E-state index contributed by atoms with van der Waals surface area (Å²) in [6, 6.07) is 5.75. The second-order valence-electron chi connectivity index (χ2n) is 4.75. The molecule has 0 amide bonds. The van der Waals surface area contributed by atoms with E-state index >= 15 is 0 Å². The standard InChI is InChI=1S/C13H19N3O2/c1-10-4-2-6-12(13(10)16(17)18)15-11-5-3-8-14-9-7-11/h2,4,6,11,14-15H,3,5,7-9H2,1H3. The number of nitro benzene ring substituents is 1. The van der Waals surface area contributed by atoms with E-state index in [4.69, 9.17) is 0 Å². The lowest BCUT2D eigenvalue weighted by Crippen LogP contribution is -2.22. The largest absolute Gasteiger partial charge is 0.377 e. The highest BCUT2D eigenvalue weighted by Gasteiger charge is 2.20. The SMILES string of the molecule is Cc1cccc(NC2CCCNCC2)c1[N+](=O)[O-]. The van der Waals surface area contributed by atoms with Crippen molar-refractivity contribution in [2.45, 2.75) is 32.2 Å². The highest BCUT2D eigenvalue weighted by Crippen LogP contribution is 2.29. The quantitative estimate of drug-likeness (QED) is 0.638. The molecule has 1 aliphatic heterocycles. The predicted octanol–water partition coefficient (Wildman–Crippen LogP) is 2.46. The Balaban J connectivity index is 2.17. The lowest BCUT2D eigenvalue weighted by atomic mass is 10.1. The van der Waals surface area contributed by atoms with Crippen molar-refractivity contribution in [3.05, 3.63) is 33.9 Å². The van der Waals surface area contributed by atoms with Crippen LogP contribution in [0.4, 0.5) is 11.4 Å². The van der Waals surface area contributed by atoms with Gasteiger partial charge in [-0.1, -0.05) is 12.1 Å². The zero-order valence-corrected chi connectivity index (χ0v) is 10.6. The number of nitro groups is 1. The van der Waals surface area contributed by atoms with E-state index in [1.807, 2.05) is 6.07 Å². The van der Waals surface area contributed by atoms with Crippen molar-refractivity contribution < 1.29 is 4.92 Å². The van der Waals surface area contributed by atoms with Gasteiger partial charge in [-0.3, -0.25) is 10.1 Å². The number of anilines is 1. The van der Waals surface area contributed by atoms with Gasteiger partial charge in [0.1, 0.15) is 5.69 Å². The molecule has 0 radical (unpaired) electrons. The van der Waals surface area contributed by atoms with E-state index in [0.717, 1.165) is 32.4 Å². The van der Waals surface area contributed by atoms with Crippen molar-refractivity contribution in [3.8, 4) is 0 Å². The zero-order valence-electron chi connectivity index (χ0n) is 10.6. The minimum atomic E-state index is -0.299. The van der Waals surface area contributed by atoms with Gasteiger partial charge >= 0.3 is 0 Å². The second kappa shape index (κ2) is 5.82. The number of para-hydroxylation sites is 1. The van der Waals surface area contributed by atoms with Gasteiger partial charge in [0.2, 0.25) is 0 Å². The van der Waals surface area contributed by atoms with Crippen LogP contribution in [0.1, 0.15) is 24.8 Å². The van der Waals surface area contributed by atoms with Crippen molar-refractivity contribution in [1.82, 2.24) is 5.32 Å². The van der Waals surface area contributed by atoms with E-state index in [1.54, 1.807) is 19.1 Å². The first-order valence-corrected chi connectivity index (χ1v) is 6.40. The maximum absolute atomic E-state index is 11.1. The number of nitrogens with one attached hydrogen (secondary N) is 2. The van der Waals surface area contributed by atoms with Crippen LogP contribution in [0, 0.1) is 17.0 Å². The summed E-state index contributed by atoms with van der Waals surface area (Å²) in [5.74, 6) is 0. The Bertz CT molecular complexity index is 426. The number of nitrogens with zero attached hydrogens (tertiary/aromatic N) is 1. The Hall–Kier alpha value is -1.62. The maximum atomic E-state index is 11.1. The Morgan fingerprint density at radius 2 is 2.22 bits per heavy atom. The highest BCUT2D eigenvalue weighted by molar-refractivity contribution is 5.65. The van der Waals surface area contributed by atoms with Crippen LogP contribution in [0.3, 0.4) is 0 Å². The van der Waals surface area contributed by atoms with Crippen molar-refractivity contribution in [2.24, 2.45) is 0 Å². The number of hydrogen-bond acceptors (Lipinski definition) is 4. The summed E-state index contributed by atoms with van der Waals surface area (Å²) in [7, 11) is 0. The van der Waals surface area contributed by atoms with Crippen LogP contribution < -0.4 is 10.6 Å². The molecule has 1 unspecified atom stereocenters. The first kappa shape index (κ1) is 12.8. The van der Waals surface area contributed by atoms with Gasteiger partial charge in [-0.15, -0.1) is 0 Å². The lowest BCUT2D eigenvalue weighted by Gasteiger charge is -2.17. The summed E-state index contributed by atoms with van der Waals surface area (Å²) in [4.78, 5) is 10.8. The minimum absolute atomic E-state index is 0.203. The number of hydrogen-bond donors (Lipinski definition) is 2. The topological polar surface area (TPSA) is 67.2 Å². The van der Waals surface area contributed by atoms with Crippen LogP contribution in [-0.2, 0) is 0 Å². The molecule has 0 spiro atoms. The Kier molecular flexibility index (Phi) is 4.15. The van der Waals surface area contributed by atoms with Gasteiger partial charge in [0.25, 0.3) is 5.69 Å². The molecule has 2 rings (SSSR count). The van der Waals surface area contributed by atoms with Gasteiger partial charge in [-0.25, -0.2) is 0 Å². The molecular weight excluding hydrogens is 230 g/mol. The molecule has 5 nitrogen and oxygen atoms in total. The molecule has 98 valence electrons. The molecule has 0 aliphatic carbocycles. The summed E-state index contributed by atoms with van der Waals surface area (Å²) >= 11 is 0. The second-order valence-corrected chi connectivity index (χ2v) is 4.75. The summed E-state index contributed by atoms with van der Waals surface area (Å²) in [5, 5.41) is 17.8. The normalized spacial score (nSPS) is 20.2. The molecular formula is C13H19N3O2. The first-order chi connectivity index (χ1) is 8.68. The fourth-order valence-corrected chi connectivity index (χ4v) is 2.40. The van der Waals surface area contributed by atoms with Crippen LogP contribution in [-0.4, -0.2) is 24.1 Å². The van der Waals surface area contributed by atoms with Crippen LogP contribution in [0.15, 0.2) is 18.2 Å². The third-order valence-electron chi connectivity index (χ3n) is 3.36. The zero-order chi connectivity index (χ0) is 13.0. The Labute approximate surface area is 107 Å². The fraction of sp³-hybridized carbons (Fsp3) is 0.538. The summed E-state index contributed by atoms with van der Waals surface area (Å²) in [5.41, 5.74) is 1.55. The van der Waals surface area contributed by atoms with E-state index in [-0.39, 0.29) is 10.6 Å². The third-order valence-corrected chi connectivity index (χ3v) is 3.36. The van der Waals surface area contributed by atoms with Gasteiger partial charge in [-0.05, 0) is 45.3 Å². The van der Waals surface area contributed by atoms with E-state index in [0.29, 0.717) is 17.3 Å². The van der Waals surface area contributed by atoms with Crippen LogP contribution in [0.25, 0.3) is 0 Å². The molecule has 18 heavy (non-hydrogen) atoms. The predicted molar refractivity (Wildman–Crippen MR) is 72.0 cm³/mol. The summed E-state index contributed by atoms with van der Waals surface area (Å²) in [6.45, 7) is 3.78. The highest BCUT2D eigenvalue weighted by atomic mass is 16.6. The molecule has 1 heterocycles. The van der Waals surface area contributed by atoms with Crippen molar-refractivity contribution in [3.63, 3.8) is 0 Å². The maximum Gasteiger partial charge on any atom is 0.295 e. The Morgan fingerprint density at radius 1 is 1.39 bits per heavy atom. The van der Waals surface area contributed by atoms with Crippen LogP contribution in [0.5, 0.6) is 0 Å². The number of rotatable bonds is 3. The molecule has 1 aromatic carbocycles. The molecule has 1 aromatic rings. The first-order valence-electron chi connectivity index (χ1n) is 6.40. The smallest absolute Gasteiger partial charge is 0.295 e. The average Bonchev–Trinajstić information content (AvgIpc) is 2.57. The third kappa shape index (κ3) is 2.98. The van der Waals surface area contributed by atoms with Gasteiger partial charge in [-0.2, -0.15) is 0 Å². The van der Waals surface area contributed by atoms with E-state index in [2.05, 4.69) is 10.6 Å². The molecule has 0 aromatic heterocycles. The average molecular weight is 249 g/mol. The van der Waals surface area contributed by atoms with Gasteiger partial charge in [0, 0.05) is 11.6 Å². The number of aryl methyl sites for hydroxylation is 1. The fourth-order valence-electron chi connectivity index (χ4n) is 2.40. The van der Waals surface area contributed by atoms with Crippen LogP contribution in [0.2, 0.25) is 0 Å². The minimum Gasteiger partial charge on any atom is -0.377 e. The van der Waals surface area contributed by atoms with Crippen LogP contribution >= 0.6 is 0 Å². The number of benzene rings is 1. The molecule has 0 bridgehead atoms. The van der Waals surface area contributed by atoms with Crippen molar-refractivity contribution >= 4 is 11.4 Å². The summed E-state index contributed by atoms with van der Waals surface area (Å²) in [6.07, 6.45) is 3.17. The lowest BCUT2D eigenvalue weighted by molar-refractivity contribution is -0.384.